The predicted molar refractivity (Wildman–Crippen MR) is 128 cm³/mol. The first-order chi connectivity index (χ1) is 12.8. The molecule has 0 spiro atoms. The van der Waals surface area contributed by atoms with Crippen LogP contribution in [-0.2, 0) is 6.42 Å². The highest BCUT2D eigenvalue weighted by atomic mass is 127. The molecular weight excluding hydrogens is 447 g/mol. The third-order valence-corrected chi connectivity index (χ3v) is 5.33. The Hall–Kier alpha value is -0.820. The average molecular weight is 486 g/mol. The average Bonchev–Trinajstić information content (AvgIpc) is 3.13. The summed E-state index contributed by atoms with van der Waals surface area (Å²) in [5.74, 6) is 1.86. The summed E-state index contributed by atoms with van der Waals surface area (Å²) < 4.78 is 0. The van der Waals surface area contributed by atoms with Crippen LogP contribution in [0.25, 0.3) is 0 Å². The van der Waals surface area contributed by atoms with Crippen molar-refractivity contribution < 1.29 is 0 Å². The minimum atomic E-state index is 0. The molecule has 27 heavy (non-hydrogen) atoms. The van der Waals surface area contributed by atoms with E-state index < -0.39 is 0 Å². The first-order valence-electron chi connectivity index (χ1n) is 10.6. The van der Waals surface area contributed by atoms with E-state index in [2.05, 4.69) is 66.2 Å². The molecule has 0 aliphatic carbocycles. The van der Waals surface area contributed by atoms with Gasteiger partial charge in [-0.2, -0.15) is 0 Å². The first-order valence-corrected chi connectivity index (χ1v) is 10.6. The van der Waals surface area contributed by atoms with Gasteiger partial charge in [0.15, 0.2) is 5.96 Å². The fourth-order valence-electron chi connectivity index (χ4n) is 3.74. The first kappa shape index (κ1) is 24.2. The zero-order chi connectivity index (χ0) is 18.6. The second-order valence-electron chi connectivity index (χ2n) is 7.26. The molecule has 0 bridgehead atoms. The van der Waals surface area contributed by atoms with Gasteiger partial charge < -0.3 is 15.1 Å². The van der Waals surface area contributed by atoms with E-state index in [1.54, 1.807) is 0 Å². The lowest BCUT2D eigenvalue weighted by atomic mass is 9.99. The Morgan fingerprint density at radius 1 is 1.15 bits per heavy atom. The maximum atomic E-state index is 4.90. The standard InChI is InChI=1S/C22H38N4.HI/c1-4-23-22(24-15-10-11-16-25(5-2)6-3)26-17-14-21(19-26)18-20-12-8-7-9-13-20;/h7-9,12-13,21H,4-6,10-11,14-19H2,1-3H3,(H,23,24);1H. The third-order valence-electron chi connectivity index (χ3n) is 5.33. The van der Waals surface area contributed by atoms with Gasteiger partial charge in [0.1, 0.15) is 0 Å². The summed E-state index contributed by atoms with van der Waals surface area (Å²) in [4.78, 5) is 9.85. The molecule has 1 aliphatic heterocycles. The highest BCUT2D eigenvalue weighted by molar-refractivity contribution is 14.0. The summed E-state index contributed by atoms with van der Waals surface area (Å²) in [6.45, 7) is 14.3. The molecule has 1 heterocycles. The lowest BCUT2D eigenvalue weighted by Crippen LogP contribution is -2.40. The lowest BCUT2D eigenvalue weighted by molar-refractivity contribution is 0.297. The monoisotopic (exact) mass is 486 g/mol. The number of halogens is 1. The normalized spacial score (nSPS) is 17.3. The van der Waals surface area contributed by atoms with Gasteiger partial charge in [-0.15, -0.1) is 24.0 Å². The van der Waals surface area contributed by atoms with Gasteiger partial charge in [-0.05, 0) is 63.7 Å². The fraction of sp³-hybridized carbons (Fsp3) is 0.682. The second kappa shape index (κ2) is 14.2. The van der Waals surface area contributed by atoms with E-state index in [0.717, 1.165) is 51.1 Å². The topological polar surface area (TPSA) is 30.9 Å². The summed E-state index contributed by atoms with van der Waals surface area (Å²) in [6, 6.07) is 10.9. The minimum absolute atomic E-state index is 0. The highest BCUT2D eigenvalue weighted by Crippen LogP contribution is 2.20. The molecule has 4 nitrogen and oxygen atoms in total. The molecule has 1 atom stereocenters. The zero-order valence-corrected chi connectivity index (χ0v) is 19.8. The quantitative estimate of drug-likeness (QED) is 0.232. The van der Waals surface area contributed by atoms with Gasteiger partial charge in [0.05, 0.1) is 0 Å². The van der Waals surface area contributed by atoms with Crippen LogP contribution in [0.5, 0.6) is 0 Å². The number of aliphatic imine (C=N–C) groups is 1. The number of nitrogens with zero attached hydrogens (tertiary/aromatic N) is 3. The predicted octanol–water partition coefficient (Wildman–Crippen LogP) is 4.26. The number of hydrogen-bond acceptors (Lipinski definition) is 2. The van der Waals surface area contributed by atoms with E-state index in [-0.39, 0.29) is 24.0 Å². The lowest BCUT2D eigenvalue weighted by Gasteiger charge is -2.22. The number of hydrogen-bond donors (Lipinski definition) is 1. The molecule has 1 fully saturated rings. The van der Waals surface area contributed by atoms with Crippen molar-refractivity contribution in [3.05, 3.63) is 35.9 Å². The van der Waals surface area contributed by atoms with Crippen LogP contribution in [0, 0.1) is 5.92 Å². The van der Waals surface area contributed by atoms with Gasteiger partial charge in [-0.25, -0.2) is 0 Å². The Bertz CT molecular complexity index is 516. The summed E-state index contributed by atoms with van der Waals surface area (Å²) in [6.07, 6.45) is 4.86. The Kier molecular flexibility index (Phi) is 12.8. The van der Waals surface area contributed by atoms with Crippen LogP contribution in [0.15, 0.2) is 35.3 Å². The zero-order valence-electron chi connectivity index (χ0n) is 17.5. The van der Waals surface area contributed by atoms with Gasteiger partial charge in [-0.1, -0.05) is 44.2 Å². The fourth-order valence-corrected chi connectivity index (χ4v) is 3.74. The van der Waals surface area contributed by atoms with E-state index in [9.17, 15) is 0 Å². The number of nitrogens with one attached hydrogen (secondary N) is 1. The summed E-state index contributed by atoms with van der Waals surface area (Å²) in [7, 11) is 0. The Morgan fingerprint density at radius 2 is 1.89 bits per heavy atom. The molecule has 2 rings (SSSR count). The summed E-state index contributed by atoms with van der Waals surface area (Å²) in [5.41, 5.74) is 1.46. The van der Waals surface area contributed by atoms with Crippen molar-refractivity contribution in [2.24, 2.45) is 10.9 Å². The van der Waals surface area contributed by atoms with Gasteiger partial charge in [0.2, 0.25) is 0 Å². The van der Waals surface area contributed by atoms with E-state index in [1.807, 2.05) is 0 Å². The van der Waals surface area contributed by atoms with Crippen molar-refractivity contribution in [2.75, 3.05) is 45.8 Å². The van der Waals surface area contributed by atoms with Gasteiger partial charge in [-0.3, -0.25) is 4.99 Å². The molecular formula is C22H39IN4. The molecule has 1 N–H and O–H groups in total. The molecule has 0 amide bonds. The number of likely N-dealkylation sites (tertiary alicyclic amines) is 1. The Morgan fingerprint density at radius 3 is 2.56 bits per heavy atom. The molecule has 5 heteroatoms. The van der Waals surface area contributed by atoms with Crippen molar-refractivity contribution in [3.63, 3.8) is 0 Å². The Labute approximate surface area is 183 Å². The third kappa shape index (κ3) is 8.81. The van der Waals surface area contributed by atoms with Crippen LogP contribution >= 0.6 is 24.0 Å². The molecule has 1 unspecified atom stereocenters. The molecule has 0 radical (unpaired) electrons. The van der Waals surface area contributed by atoms with Crippen molar-refractivity contribution in [3.8, 4) is 0 Å². The molecule has 154 valence electrons. The van der Waals surface area contributed by atoms with E-state index in [0.29, 0.717) is 0 Å². The maximum Gasteiger partial charge on any atom is 0.193 e. The number of unbranched alkanes of at least 4 members (excludes halogenated alkanes) is 1. The van der Waals surface area contributed by atoms with E-state index in [4.69, 9.17) is 4.99 Å². The minimum Gasteiger partial charge on any atom is -0.357 e. The smallest absolute Gasteiger partial charge is 0.193 e. The number of benzene rings is 1. The van der Waals surface area contributed by atoms with Crippen LogP contribution < -0.4 is 5.32 Å². The van der Waals surface area contributed by atoms with E-state index >= 15 is 0 Å². The van der Waals surface area contributed by atoms with Crippen molar-refractivity contribution in [1.29, 1.82) is 0 Å². The number of rotatable bonds is 10. The second-order valence-corrected chi connectivity index (χ2v) is 7.26. The largest absolute Gasteiger partial charge is 0.357 e. The van der Waals surface area contributed by atoms with Crippen LogP contribution in [0.1, 0.15) is 45.6 Å². The summed E-state index contributed by atoms with van der Waals surface area (Å²) in [5, 5.41) is 3.50. The van der Waals surface area contributed by atoms with Crippen LogP contribution in [0.4, 0.5) is 0 Å². The molecule has 1 aromatic carbocycles. The van der Waals surface area contributed by atoms with Gasteiger partial charge in [0, 0.05) is 26.2 Å². The molecule has 1 aromatic rings. The highest BCUT2D eigenvalue weighted by Gasteiger charge is 2.24. The maximum absolute atomic E-state index is 4.90. The number of guanidine groups is 1. The SMILES string of the molecule is CCNC(=NCCCCN(CC)CC)N1CCC(Cc2ccccc2)C1.I. The van der Waals surface area contributed by atoms with Gasteiger partial charge >= 0.3 is 0 Å². The molecule has 1 saturated heterocycles. The van der Waals surface area contributed by atoms with Crippen LogP contribution in [0.2, 0.25) is 0 Å². The van der Waals surface area contributed by atoms with Crippen molar-refractivity contribution in [1.82, 2.24) is 15.1 Å². The van der Waals surface area contributed by atoms with Crippen LogP contribution in [0.3, 0.4) is 0 Å². The summed E-state index contributed by atoms with van der Waals surface area (Å²) >= 11 is 0. The Balaban J connectivity index is 0.00000364. The van der Waals surface area contributed by atoms with Crippen molar-refractivity contribution in [2.45, 2.75) is 46.5 Å². The van der Waals surface area contributed by atoms with E-state index in [1.165, 1.54) is 37.8 Å². The van der Waals surface area contributed by atoms with Crippen LogP contribution in [-0.4, -0.2) is 61.6 Å². The van der Waals surface area contributed by atoms with Crippen molar-refractivity contribution >= 4 is 29.9 Å². The molecule has 0 saturated carbocycles. The molecule has 0 aromatic heterocycles. The van der Waals surface area contributed by atoms with Gasteiger partial charge in [0.25, 0.3) is 0 Å². The molecule has 1 aliphatic rings.